The van der Waals surface area contributed by atoms with Crippen LogP contribution in [0.15, 0.2) is 42.6 Å². The van der Waals surface area contributed by atoms with E-state index >= 15 is 0 Å². The number of unbranched alkanes of at least 4 members (excludes halogenated alkanes) is 1. The predicted molar refractivity (Wildman–Crippen MR) is 115 cm³/mol. The molecule has 0 aliphatic rings. The number of nitrogens with zero attached hydrogens (tertiary/aromatic N) is 7. The molecule has 154 valence electrons. The van der Waals surface area contributed by atoms with Crippen LogP contribution in [-0.4, -0.2) is 40.4 Å². The SMILES string of the molecule is CCCCc1nc(CCC)nn1Cc1ccc(-c2ncccc2-c2nn[nH]n2)cc1. The summed E-state index contributed by atoms with van der Waals surface area (Å²) in [7, 11) is 0. The molecule has 3 aromatic heterocycles. The molecule has 0 unspecified atom stereocenters. The van der Waals surface area contributed by atoms with Gasteiger partial charge in [0, 0.05) is 30.2 Å². The van der Waals surface area contributed by atoms with Gasteiger partial charge in [-0.05, 0) is 35.8 Å². The van der Waals surface area contributed by atoms with E-state index in [4.69, 9.17) is 10.1 Å². The molecule has 8 heteroatoms. The third-order valence-electron chi connectivity index (χ3n) is 4.97. The van der Waals surface area contributed by atoms with Crippen molar-refractivity contribution in [3.05, 3.63) is 59.8 Å². The van der Waals surface area contributed by atoms with Gasteiger partial charge >= 0.3 is 0 Å². The van der Waals surface area contributed by atoms with Crippen molar-refractivity contribution in [2.45, 2.75) is 52.5 Å². The van der Waals surface area contributed by atoms with Gasteiger partial charge in [-0.25, -0.2) is 9.67 Å². The zero-order valence-corrected chi connectivity index (χ0v) is 17.4. The van der Waals surface area contributed by atoms with Gasteiger partial charge in [0.25, 0.3) is 0 Å². The second-order valence-corrected chi connectivity index (χ2v) is 7.29. The highest BCUT2D eigenvalue weighted by Gasteiger charge is 2.13. The van der Waals surface area contributed by atoms with E-state index in [1.807, 2.05) is 12.1 Å². The fourth-order valence-electron chi connectivity index (χ4n) is 3.43. The maximum Gasteiger partial charge on any atom is 0.206 e. The average molecular weight is 403 g/mol. The summed E-state index contributed by atoms with van der Waals surface area (Å²) in [6, 6.07) is 12.2. The van der Waals surface area contributed by atoms with E-state index in [-0.39, 0.29) is 0 Å². The van der Waals surface area contributed by atoms with Gasteiger partial charge in [-0.15, -0.1) is 10.2 Å². The van der Waals surface area contributed by atoms with E-state index in [9.17, 15) is 0 Å². The third kappa shape index (κ3) is 4.42. The van der Waals surface area contributed by atoms with Gasteiger partial charge in [0.15, 0.2) is 5.82 Å². The molecular formula is C22H26N8. The van der Waals surface area contributed by atoms with E-state index in [1.165, 1.54) is 5.56 Å². The minimum Gasteiger partial charge on any atom is -0.255 e. The van der Waals surface area contributed by atoms with Gasteiger partial charge < -0.3 is 0 Å². The Kier molecular flexibility index (Phi) is 6.22. The molecule has 3 heterocycles. The minimum absolute atomic E-state index is 0.536. The van der Waals surface area contributed by atoms with Crippen molar-refractivity contribution in [1.82, 2.24) is 40.4 Å². The smallest absolute Gasteiger partial charge is 0.206 e. The van der Waals surface area contributed by atoms with Crippen LogP contribution in [0.4, 0.5) is 0 Å². The first-order valence-electron chi connectivity index (χ1n) is 10.5. The summed E-state index contributed by atoms with van der Waals surface area (Å²) >= 11 is 0. The van der Waals surface area contributed by atoms with E-state index in [0.29, 0.717) is 5.82 Å². The Labute approximate surface area is 175 Å². The highest BCUT2D eigenvalue weighted by Crippen LogP contribution is 2.27. The first kappa shape index (κ1) is 19.9. The van der Waals surface area contributed by atoms with Crippen molar-refractivity contribution < 1.29 is 0 Å². The van der Waals surface area contributed by atoms with E-state index < -0.39 is 0 Å². The number of benzene rings is 1. The fraction of sp³-hybridized carbons (Fsp3) is 0.364. The highest BCUT2D eigenvalue weighted by atomic mass is 15.5. The molecule has 1 N–H and O–H groups in total. The predicted octanol–water partition coefficient (Wildman–Crippen LogP) is 3.86. The van der Waals surface area contributed by atoms with Crippen LogP contribution in [0.1, 0.15) is 50.3 Å². The molecule has 0 spiro atoms. The summed E-state index contributed by atoms with van der Waals surface area (Å²) in [4.78, 5) is 9.30. The highest BCUT2D eigenvalue weighted by molar-refractivity contribution is 5.76. The van der Waals surface area contributed by atoms with Gasteiger partial charge in [0.05, 0.1) is 12.2 Å². The number of tetrazole rings is 1. The number of hydrogen-bond donors (Lipinski definition) is 1. The molecule has 0 aliphatic carbocycles. The Bertz CT molecular complexity index is 1070. The van der Waals surface area contributed by atoms with Crippen molar-refractivity contribution in [2.24, 2.45) is 0 Å². The molecule has 0 radical (unpaired) electrons. The Morgan fingerprint density at radius 1 is 1.00 bits per heavy atom. The number of aromatic nitrogens is 8. The molecule has 30 heavy (non-hydrogen) atoms. The topological polar surface area (TPSA) is 98.1 Å². The maximum atomic E-state index is 4.76. The van der Waals surface area contributed by atoms with Crippen LogP contribution >= 0.6 is 0 Å². The Morgan fingerprint density at radius 3 is 2.60 bits per heavy atom. The molecule has 0 saturated carbocycles. The van der Waals surface area contributed by atoms with Crippen LogP contribution in [0.2, 0.25) is 0 Å². The molecule has 4 rings (SSSR count). The summed E-state index contributed by atoms with van der Waals surface area (Å²) in [5, 5.41) is 19.1. The zero-order chi connectivity index (χ0) is 20.8. The second kappa shape index (κ2) is 9.39. The van der Waals surface area contributed by atoms with Gasteiger partial charge in [-0.2, -0.15) is 10.3 Å². The van der Waals surface area contributed by atoms with E-state index in [0.717, 1.165) is 67.1 Å². The number of nitrogens with one attached hydrogen (secondary N) is 1. The molecular weight excluding hydrogens is 376 g/mol. The van der Waals surface area contributed by atoms with Crippen molar-refractivity contribution in [2.75, 3.05) is 0 Å². The summed E-state index contributed by atoms with van der Waals surface area (Å²) < 4.78 is 2.06. The number of hydrogen-bond acceptors (Lipinski definition) is 6. The summed E-state index contributed by atoms with van der Waals surface area (Å²) in [5.74, 6) is 2.56. The molecule has 0 fully saturated rings. The van der Waals surface area contributed by atoms with Gasteiger partial charge in [0.1, 0.15) is 5.82 Å². The standard InChI is InChI=1S/C22H26N8/c1-3-5-9-20-24-19(7-4-2)27-30(20)15-16-10-12-17(13-11-16)21-18(8-6-14-23-21)22-25-28-29-26-22/h6,8,10-14H,3-5,7,9,15H2,1-2H3,(H,25,26,28,29). The lowest BCUT2D eigenvalue weighted by Crippen LogP contribution is -2.07. The molecule has 0 saturated heterocycles. The average Bonchev–Trinajstić information content (AvgIpc) is 3.44. The van der Waals surface area contributed by atoms with Gasteiger partial charge in [0.2, 0.25) is 5.82 Å². The summed E-state index contributed by atoms with van der Waals surface area (Å²) in [6.45, 7) is 5.08. The molecule has 4 aromatic rings. The van der Waals surface area contributed by atoms with Crippen LogP contribution in [0.5, 0.6) is 0 Å². The van der Waals surface area contributed by atoms with E-state index in [1.54, 1.807) is 6.20 Å². The van der Waals surface area contributed by atoms with Crippen molar-refractivity contribution in [3.63, 3.8) is 0 Å². The number of pyridine rings is 1. The zero-order valence-electron chi connectivity index (χ0n) is 17.4. The van der Waals surface area contributed by atoms with Crippen LogP contribution in [0.25, 0.3) is 22.6 Å². The lowest BCUT2D eigenvalue weighted by molar-refractivity contribution is 0.613. The minimum atomic E-state index is 0.536. The quantitative estimate of drug-likeness (QED) is 0.456. The normalized spacial score (nSPS) is 11.1. The molecule has 0 bridgehead atoms. The largest absolute Gasteiger partial charge is 0.255 e. The van der Waals surface area contributed by atoms with Crippen LogP contribution in [0.3, 0.4) is 0 Å². The Morgan fingerprint density at radius 2 is 1.87 bits per heavy atom. The number of aromatic amines is 1. The second-order valence-electron chi connectivity index (χ2n) is 7.29. The van der Waals surface area contributed by atoms with E-state index in [2.05, 4.69) is 68.4 Å². The lowest BCUT2D eigenvalue weighted by Gasteiger charge is -2.08. The number of aryl methyl sites for hydroxylation is 2. The fourth-order valence-corrected chi connectivity index (χ4v) is 3.43. The van der Waals surface area contributed by atoms with Crippen LogP contribution < -0.4 is 0 Å². The van der Waals surface area contributed by atoms with Gasteiger partial charge in [-0.3, -0.25) is 4.98 Å². The van der Waals surface area contributed by atoms with Gasteiger partial charge in [-0.1, -0.05) is 44.5 Å². The van der Waals surface area contributed by atoms with Crippen molar-refractivity contribution in [3.8, 4) is 22.6 Å². The monoisotopic (exact) mass is 402 g/mol. The molecule has 1 aromatic carbocycles. The number of H-pyrrole nitrogens is 1. The lowest BCUT2D eigenvalue weighted by atomic mass is 10.0. The van der Waals surface area contributed by atoms with Crippen LogP contribution in [0, 0.1) is 0 Å². The summed E-state index contributed by atoms with van der Waals surface area (Å²) in [5.41, 5.74) is 3.87. The van der Waals surface area contributed by atoms with Crippen molar-refractivity contribution in [1.29, 1.82) is 0 Å². The molecule has 0 amide bonds. The van der Waals surface area contributed by atoms with Crippen molar-refractivity contribution >= 4 is 0 Å². The maximum absolute atomic E-state index is 4.76. The first-order valence-corrected chi connectivity index (χ1v) is 10.5. The molecule has 0 atom stereocenters. The molecule has 8 nitrogen and oxygen atoms in total. The number of rotatable bonds is 9. The first-order chi connectivity index (χ1) is 14.8. The third-order valence-corrected chi connectivity index (χ3v) is 4.97. The Balaban J connectivity index is 1.57. The molecule has 0 aliphatic heterocycles. The summed E-state index contributed by atoms with van der Waals surface area (Å²) in [6.07, 6.45) is 6.99. The Hall–Kier alpha value is -3.42. The van der Waals surface area contributed by atoms with Crippen LogP contribution in [-0.2, 0) is 19.4 Å².